The van der Waals surface area contributed by atoms with Crippen molar-refractivity contribution < 1.29 is 31.9 Å². The van der Waals surface area contributed by atoms with E-state index >= 15 is 0 Å². The molecule has 2 aliphatic rings. The Morgan fingerprint density at radius 3 is 2.10 bits per heavy atom. The third-order valence-electron chi connectivity index (χ3n) is 9.29. The van der Waals surface area contributed by atoms with Crippen molar-refractivity contribution >= 4 is 95.6 Å². The molecular formula is C38H54I3NO6S+2. The number of hydrogen-bond acceptors (Lipinski definition) is 3. The second kappa shape index (κ2) is 17.9. The van der Waals surface area contributed by atoms with Crippen LogP contribution in [0.15, 0.2) is 58.7 Å². The lowest BCUT2D eigenvalue weighted by atomic mass is 9.67. The van der Waals surface area contributed by atoms with Crippen molar-refractivity contribution in [2.24, 2.45) is 11.3 Å². The highest BCUT2D eigenvalue weighted by Crippen LogP contribution is 2.55. The Morgan fingerprint density at radius 1 is 0.939 bits per heavy atom. The van der Waals surface area contributed by atoms with Crippen LogP contribution in [-0.4, -0.2) is 58.4 Å². The molecule has 0 spiro atoms. The maximum atomic E-state index is 11.6. The molecule has 1 saturated carbocycles. The molecule has 3 rings (SSSR count). The summed E-state index contributed by atoms with van der Waals surface area (Å²) in [5.41, 5.74) is 3.22. The molecule has 1 aromatic heterocycles. The summed E-state index contributed by atoms with van der Waals surface area (Å²) in [6.07, 6.45) is 19.2. The molecule has 1 aromatic rings. The number of hydrogen-bond donors (Lipinski definition) is 2. The molecule has 0 amide bonds. The first-order valence-electron chi connectivity index (χ1n) is 17.1. The van der Waals surface area contributed by atoms with Gasteiger partial charge in [-0.15, -0.1) is 0 Å². The first-order valence-corrected chi connectivity index (χ1v) is 22.4. The standard InChI is InChI=1S/C38H52I3NO6S/c1-36(2,3)30-23-26(24-31(48-30)37(4,5)6)17-12-9-8-10-13-18-29-38(7,20-15-11-14-19-32(43)44)33-28(25-27(39)34(40)35(33)41)42(29)21-16-22-49(45,46)47/h8-10,12-13,17-18,23-24,27,33-35H,11,14-16,19-22,25H2,1-7H3/p+2. The van der Waals surface area contributed by atoms with Crippen LogP contribution in [0, 0.1) is 11.3 Å². The Kier molecular flexibility index (Phi) is 15.6. The SMILES string of the molecule is CC(C)(C)c1cc(C=CC=CC=CC=C2[N+](CCCS(=O)(=O)O)=C3CC(I)C(I)C(I)C3C2(C)CCCCCC(=O)O)cc(C(C)(C)C)[o+]1. The van der Waals surface area contributed by atoms with E-state index in [4.69, 9.17) is 9.52 Å². The van der Waals surface area contributed by atoms with Gasteiger partial charge in [0, 0.05) is 49.2 Å². The second-order valence-electron chi connectivity index (χ2n) is 15.5. The summed E-state index contributed by atoms with van der Waals surface area (Å²) >= 11 is 7.78. The predicted molar refractivity (Wildman–Crippen MR) is 227 cm³/mol. The lowest BCUT2D eigenvalue weighted by molar-refractivity contribution is -0.481. The zero-order valence-corrected chi connectivity index (χ0v) is 37.2. The summed E-state index contributed by atoms with van der Waals surface area (Å²) < 4.78 is 42.7. The zero-order chi connectivity index (χ0) is 36.8. The van der Waals surface area contributed by atoms with E-state index in [-0.39, 0.29) is 34.3 Å². The monoisotopic (exact) mass is 1030 g/mol. The molecule has 0 radical (unpaired) electrons. The van der Waals surface area contributed by atoms with E-state index < -0.39 is 16.1 Å². The molecule has 1 fully saturated rings. The van der Waals surface area contributed by atoms with Crippen LogP contribution < -0.4 is 0 Å². The van der Waals surface area contributed by atoms with E-state index in [0.29, 0.717) is 31.2 Å². The van der Waals surface area contributed by atoms with Gasteiger partial charge in [0.25, 0.3) is 10.1 Å². The van der Waals surface area contributed by atoms with Gasteiger partial charge in [0.05, 0.1) is 27.9 Å². The fraction of sp³-hybridized carbons (Fsp3) is 0.605. The number of nitrogens with zero attached hydrogens (tertiary/aromatic N) is 1. The van der Waals surface area contributed by atoms with E-state index in [1.165, 1.54) is 11.4 Å². The Morgan fingerprint density at radius 2 is 1.53 bits per heavy atom. The van der Waals surface area contributed by atoms with Crippen molar-refractivity contribution in [3.05, 3.63) is 71.4 Å². The largest absolute Gasteiger partial charge is 0.481 e. The lowest BCUT2D eigenvalue weighted by Gasteiger charge is -2.38. The Labute approximate surface area is 335 Å². The molecule has 49 heavy (non-hydrogen) atoms. The Bertz CT molecular complexity index is 1570. The number of carbonyl (C=O) groups is 1. The molecule has 1 aliphatic heterocycles. The van der Waals surface area contributed by atoms with E-state index in [0.717, 1.165) is 42.8 Å². The number of aliphatic carboxylic acids is 1. The van der Waals surface area contributed by atoms with Gasteiger partial charge < -0.3 is 5.11 Å². The average Bonchev–Trinajstić information content (AvgIpc) is 3.20. The fourth-order valence-electron chi connectivity index (χ4n) is 6.67. The van der Waals surface area contributed by atoms with Gasteiger partial charge in [-0.05, 0) is 66.9 Å². The number of rotatable bonds is 14. The predicted octanol–water partition coefficient (Wildman–Crippen LogP) is 10.4. The molecule has 272 valence electrons. The normalized spacial score (nSPS) is 26.1. The minimum absolute atomic E-state index is 0.105. The smallest absolute Gasteiger partial charge is 0.335 e. The van der Waals surface area contributed by atoms with Gasteiger partial charge >= 0.3 is 17.5 Å². The van der Waals surface area contributed by atoms with Crippen LogP contribution >= 0.6 is 67.8 Å². The molecule has 5 atom stereocenters. The number of alkyl halides is 3. The Balaban J connectivity index is 1.94. The van der Waals surface area contributed by atoms with Gasteiger partial charge in [0.15, 0.2) is 11.4 Å². The number of carboxylic acids is 1. The lowest BCUT2D eigenvalue weighted by Crippen LogP contribution is -2.47. The highest BCUT2D eigenvalue weighted by molar-refractivity contribution is 14.1. The molecular weight excluding hydrogens is 979 g/mol. The number of fused-ring (bicyclic) bond motifs is 1. The van der Waals surface area contributed by atoms with Crippen LogP contribution in [0.1, 0.15) is 110 Å². The van der Waals surface area contributed by atoms with Crippen LogP contribution in [0.25, 0.3) is 6.08 Å². The van der Waals surface area contributed by atoms with Crippen LogP contribution in [0.4, 0.5) is 0 Å². The van der Waals surface area contributed by atoms with Gasteiger partial charge in [-0.3, -0.25) is 9.35 Å². The van der Waals surface area contributed by atoms with Crippen molar-refractivity contribution in [2.45, 2.75) is 116 Å². The van der Waals surface area contributed by atoms with Gasteiger partial charge in [-0.2, -0.15) is 8.42 Å². The first-order chi connectivity index (χ1) is 22.6. The van der Waals surface area contributed by atoms with Gasteiger partial charge in [0.1, 0.15) is 6.54 Å². The molecule has 5 unspecified atom stereocenters. The molecule has 7 nitrogen and oxygen atoms in total. The highest BCUT2D eigenvalue weighted by Gasteiger charge is 2.60. The number of allylic oxidation sites excluding steroid dienone is 7. The van der Waals surface area contributed by atoms with Crippen molar-refractivity contribution in [1.29, 1.82) is 0 Å². The highest BCUT2D eigenvalue weighted by atomic mass is 127. The molecule has 1 aliphatic carbocycles. The van der Waals surface area contributed by atoms with Gasteiger partial charge in [0.2, 0.25) is 0 Å². The summed E-state index contributed by atoms with van der Waals surface area (Å²) in [4.78, 5) is 11.1. The minimum Gasteiger partial charge on any atom is -0.481 e. The average molecular weight is 1030 g/mol. The maximum Gasteiger partial charge on any atom is 0.335 e. The van der Waals surface area contributed by atoms with Gasteiger partial charge in [-0.1, -0.05) is 117 Å². The molecule has 0 saturated heterocycles. The van der Waals surface area contributed by atoms with Crippen LogP contribution in [0.5, 0.6) is 0 Å². The third kappa shape index (κ3) is 12.2. The zero-order valence-electron chi connectivity index (χ0n) is 29.9. The molecule has 11 heteroatoms. The third-order valence-corrected chi connectivity index (χ3v) is 17.2. The van der Waals surface area contributed by atoms with Crippen LogP contribution in [-0.2, 0) is 25.7 Å². The number of carboxylic acid groups (broad SMARTS) is 1. The summed E-state index contributed by atoms with van der Waals surface area (Å²) in [6, 6.07) is 4.22. The number of halogens is 3. The topological polar surface area (TPSA) is 106 Å². The summed E-state index contributed by atoms with van der Waals surface area (Å²) in [5.74, 6) is 1.16. The molecule has 0 aromatic carbocycles. The fourth-order valence-corrected chi connectivity index (χ4v) is 11.2. The summed E-state index contributed by atoms with van der Waals surface area (Å²) in [6.45, 7) is 15.8. The van der Waals surface area contributed by atoms with Crippen LogP contribution in [0.3, 0.4) is 0 Å². The van der Waals surface area contributed by atoms with Crippen molar-refractivity contribution in [3.8, 4) is 0 Å². The minimum atomic E-state index is -4.06. The van der Waals surface area contributed by atoms with Gasteiger partial charge in [-0.25, -0.2) is 8.99 Å². The Hall–Kier alpha value is -0.650. The van der Waals surface area contributed by atoms with E-state index in [9.17, 15) is 17.8 Å². The second-order valence-corrected chi connectivity index (χ2v) is 21.6. The van der Waals surface area contributed by atoms with Crippen molar-refractivity contribution in [3.63, 3.8) is 0 Å². The maximum absolute atomic E-state index is 11.6. The van der Waals surface area contributed by atoms with E-state index in [1.807, 2.05) is 24.3 Å². The van der Waals surface area contributed by atoms with E-state index in [1.54, 1.807) is 0 Å². The first kappa shape index (κ1) is 42.8. The van der Waals surface area contributed by atoms with Crippen molar-refractivity contribution in [2.75, 3.05) is 12.3 Å². The van der Waals surface area contributed by atoms with Crippen LogP contribution in [0.2, 0.25) is 0 Å². The summed E-state index contributed by atoms with van der Waals surface area (Å²) in [7, 11) is -4.06. The molecule has 2 heterocycles. The van der Waals surface area contributed by atoms with Crippen molar-refractivity contribution in [1.82, 2.24) is 0 Å². The molecule has 0 bridgehead atoms. The van der Waals surface area contributed by atoms with E-state index in [2.05, 4.69) is 151 Å². The summed E-state index contributed by atoms with van der Waals surface area (Å²) in [5, 5.41) is 9.14. The quantitative estimate of drug-likeness (QED) is 0.0366. The number of unbranched alkanes of at least 4 members (excludes halogenated alkanes) is 2. The molecule has 2 N–H and O–H groups in total.